The van der Waals surface area contributed by atoms with E-state index >= 15 is 0 Å². The van der Waals surface area contributed by atoms with Gasteiger partial charge in [-0.05, 0) is 6.92 Å². The van der Waals surface area contributed by atoms with Crippen LogP contribution in [0.2, 0.25) is 5.15 Å². The number of carboxylic acids is 1. The number of nitrogens with one attached hydrogen (secondary N) is 1. The van der Waals surface area contributed by atoms with Crippen molar-refractivity contribution < 1.29 is 9.90 Å². The highest BCUT2D eigenvalue weighted by atomic mass is 35.5. The molecule has 7 heteroatoms. The Kier molecular flexibility index (Phi) is 3.28. The second-order valence-corrected chi connectivity index (χ2v) is 3.81. The number of hydrogen-bond acceptors (Lipinski definition) is 5. The number of nitrogens with zero attached hydrogens (tertiary/aromatic N) is 2. The molecule has 1 unspecified atom stereocenters. The summed E-state index contributed by atoms with van der Waals surface area (Å²) in [5.41, 5.74) is 0. The summed E-state index contributed by atoms with van der Waals surface area (Å²) in [6.07, 6.45) is 0. The van der Waals surface area contributed by atoms with E-state index in [0.29, 0.717) is 5.13 Å². The van der Waals surface area contributed by atoms with Gasteiger partial charge in [-0.25, -0.2) is 4.98 Å². The number of halogens is 1. The molecular formula is C7H6ClN3O2S. The standard InChI is InChI=1S/C7H6ClN3O2S/c1-3(6(12)13)10-7-11-5(8)4(2-9)14-7/h3H,1H3,(H,10,11)(H,12,13). The first-order chi connectivity index (χ1) is 6.54. The van der Waals surface area contributed by atoms with Crippen molar-refractivity contribution in [2.24, 2.45) is 0 Å². The number of aromatic nitrogens is 1. The molecule has 1 aromatic heterocycles. The molecule has 0 aromatic carbocycles. The van der Waals surface area contributed by atoms with E-state index < -0.39 is 12.0 Å². The fourth-order valence-electron chi connectivity index (χ4n) is 0.679. The van der Waals surface area contributed by atoms with E-state index in [1.165, 1.54) is 6.92 Å². The van der Waals surface area contributed by atoms with E-state index in [-0.39, 0.29) is 10.0 Å². The number of hydrogen-bond donors (Lipinski definition) is 2. The summed E-state index contributed by atoms with van der Waals surface area (Å²) in [5, 5.41) is 20.2. The minimum atomic E-state index is -0.991. The van der Waals surface area contributed by atoms with Crippen molar-refractivity contribution in [1.82, 2.24) is 4.98 Å². The van der Waals surface area contributed by atoms with Crippen LogP contribution >= 0.6 is 22.9 Å². The molecule has 0 fully saturated rings. The lowest BCUT2D eigenvalue weighted by atomic mass is 10.4. The third-order valence-electron chi connectivity index (χ3n) is 1.40. The van der Waals surface area contributed by atoms with Gasteiger partial charge in [0.05, 0.1) is 0 Å². The summed E-state index contributed by atoms with van der Waals surface area (Å²) in [7, 11) is 0. The van der Waals surface area contributed by atoms with Crippen molar-refractivity contribution in [3.05, 3.63) is 10.0 Å². The van der Waals surface area contributed by atoms with Crippen LogP contribution in [0.15, 0.2) is 0 Å². The fourth-order valence-corrected chi connectivity index (χ4v) is 1.71. The molecule has 0 aliphatic heterocycles. The minimum absolute atomic E-state index is 0.0950. The number of thiazole rings is 1. The average Bonchev–Trinajstić information content (AvgIpc) is 2.45. The largest absolute Gasteiger partial charge is 0.480 e. The van der Waals surface area contributed by atoms with E-state index in [4.69, 9.17) is 22.0 Å². The molecule has 1 aromatic rings. The number of anilines is 1. The Hall–Kier alpha value is -1.32. The molecule has 0 bridgehead atoms. The van der Waals surface area contributed by atoms with E-state index in [1.807, 2.05) is 6.07 Å². The van der Waals surface area contributed by atoms with Crippen LogP contribution in [0, 0.1) is 11.3 Å². The molecule has 14 heavy (non-hydrogen) atoms. The Morgan fingerprint density at radius 3 is 2.93 bits per heavy atom. The Balaban J connectivity index is 2.79. The van der Waals surface area contributed by atoms with Crippen LogP contribution in [0.3, 0.4) is 0 Å². The maximum atomic E-state index is 10.5. The van der Waals surface area contributed by atoms with Crippen molar-refractivity contribution in [1.29, 1.82) is 5.26 Å². The molecule has 1 atom stereocenters. The second kappa shape index (κ2) is 4.26. The average molecular weight is 232 g/mol. The molecule has 1 rings (SSSR count). The lowest BCUT2D eigenvalue weighted by Crippen LogP contribution is -2.25. The van der Waals surface area contributed by atoms with Gasteiger partial charge in [-0.1, -0.05) is 22.9 Å². The van der Waals surface area contributed by atoms with Gasteiger partial charge in [-0.15, -0.1) is 0 Å². The van der Waals surface area contributed by atoms with Crippen molar-refractivity contribution >= 4 is 34.0 Å². The van der Waals surface area contributed by atoms with Crippen LogP contribution in [0.1, 0.15) is 11.8 Å². The van der Waals surface area contributed by atoms with E-state index in [1.54, 1.807) is 0 Å². The monoisotopic (exact) mass is 231 g/mol. The highest BCUT2D eigenvalue weighted by molar-refractivity contribution is 7.16. The zero-order chi connectivity index (χ0) is 10.7. The minimum Gasteiger partial charge on any atom is -0.480 e. The zero-order valence-electron chi connectivity index (χ0n) is 7.11. The summed E-state index contributed by atoms with van der Waals surface area (Å²) in [6, 6.07) is 1.09. The summed E-state index contributed by atoms with van der Waals surface area (Å²) in [6.45, 7) is 1.48. The summed E-state index contributed by atoms with van der Waals surface area (Å²) < 4.78 is 0. The Bertz CT molecular complexity index is 398. The number of rotatable bonds is 3. The Morgan fingerprint density at radius 1 is 1.86 bits per heavy atom. The van der Waals surface area contributed by atoms with Gasteiger partial charge >= 0.3 is 5.97 Å². The first-order valence-corrected chi connectivity index (χ1v) is 4.79. The van der Waals surface area contributed by atoms with Gasteiger partial charge in [0, 0.05) is 0 Å². The van der Waals surface area contributed by atoms with Gasteiger partial charge < -0.3 is 10.4 Å². The molecule has 5 nitrogen and oxygen atoms in total. The van der Waals surface area contributed by atoms with Gasteiger partial charge in [0.2, 0.25) is 0 Å². The van der Waals surface area contributed by atoms with Crippen molar-refractivity contribution in [2.45, 2.75) is 13.0 Å². The Labute approximate surface area is 89.0 Å². The predicted octanol–water partition coefficient (Wildman–Crippen LogP) is 1.55. The van der Waals surface area contributed by atoms with E-state index in [2.05, 4.69) is 10.3 Å². The highest BCUT2D eigenvalue weighted by Crippen LogP contribution is 2.26. The highest BCUT2D eigenvalue weighted by Gasteiger charge is 2.14. The maximum absolute atomic E-state index is 10.5. The molecule has 0 aliphatic carbocycles. The topological polar surface area (TPSA) is 86.0 Å². The summed E-state index contributed by atoms with van der Waals surface area (Å²) in [5.74, 6) is -0.991. The molecule has 0 saturated heterocycles. The summed E-state index contributed by atoms with van der Waals surface area (Å²) >= 11 is 6.62. The molecule has 2 N–H and O–H groups in total. The molecule has 0 spiro atoms. The number of carboxylic acid groups (broad SMARTS) is 1. The SMILES string of the molecule is CC(Nc1nc(Cl)c(C#N)s1)C(=O)O. The molecule has 0 aliphatic rings. The summed E-state index contributed by atoms with van der Waals surface area (Å²) in [4.78, 5) is 14.5. The van der Waals surface area contributed by atoms with Crippen LogP contribution in [-0.4, -0.2) is 22.1 Å². The van der Waals surface area contributed by atoms with Crippen LogP contribution in [-0.2, 0) is 4.79 Å². The van der Waals surface area contributed by atoms with Crippen LogP contribution in [0.25, 0.3) is 0 Å². The quantitative estimate of drug-likeness (QED) is 0.824. The third kappa shape index (κ3) is 2.34. The van der Waals surface area contributed by atoms with Crippen molar-refractivity contribution in [2.75, 3.05) is 5.32 Å². The van der Waals surface area contributed by atoms with E-state index in [9.17, 15) is 4.79 Å². The fraction of sp³-hybridized carbons (Fsp3) is 0.286. The maximum Gasteiger partial charge on any atom is 0.325 e. The Morgan fingerprint density at radius 2 is 2.50 bits per heavy atom. The number of nitriles is 1. The first kappa shape index (κ1) is 10.8. The van der Waals surface area contributed by atoms with Gasteiger partial charge in [-0.2, -0.15) is 5.26 Å². The van der Waals surface area contributed by atoms with Gasteiger partial charge in [0.1, 0.15) is 17.0 Å². The van der Waals surface area contributed by atoms with Gasteiger partial charge in [0.15, 0.2) is 10.3 Å². The normalized spacial score (nSPS) is 11.8. The molecule has 0 saturated carbocycles. The lowest BCUT2D eigenvalue weighted by Gasteiger charge is -2.05. The molecule has 0 radical (unpaired) electrons. The molecular weight excluding hydrogens is 226 g/mol. The van der Waals surface area contributed by atoms with E-state index in [0.717, 1.165) is 11.3 Å². The van der Waals surface area contributed by atoms with Crippen molar-refractivity contribution in [3.63, 3.8) is 0 Å². The van der Waals surface area contributed by atoms with Crippen LogP contribution < -0.4 is 5.32 Å². The molecule has 1 heterocycles. The van der Waals surface area contributed by atoms with Crippen LogP contribution in [0.4, 0.5) is 5.13 Å². The van der Waals surface area contributed by atoms with Crippen molar-refractivity contribution in [3.8, 4) is 6.07 Å². The lowest BCUT2D eigenvalue weighted by molar-refractivity contribution is -0.137. The first-order valence-electron chi connectivity index (χ1n) is 3.60. The van der Waals surface area contributed by atoms with Crippen LogP contribution in [0.5, 0.6) is 0 Å². The number of aliphatic carboxylic acids is 1. The predicted molar refractivity (Wildman–Crippen MR) is 52.6 cm³/mol. The van der Waals surface area contributed by atoms with Gasteiger partial charge in [-0.3, -0.25) is 4.79 Å². The second-order valence-electron chi connectivity index (χ2n) is 2.46. The zero-order valence-corrected chi connectivity index (χ0v) is 8.69. The molecule has 0 amide bonds. The number of carbonyl (C=O) groups is 1. The molecule has 74 valence electrons. The smallest absolute Gasteiger partial charge is 0.325 e. The third-order valence-corrected chi connectivity index (χ3v) is 2.67. The van der Waals surface area contributed by atoms with Gasteiger partial charge in [0.25, 0.3) is 0 Å².